The largest absolute Gasteiger partial charge is 0.464 e. The highest BCUT2D eigenvalue weighted by Gasteiger charge is 2.32. The summed E-state index contributed by atoms with van der Waals surface area (Å²) in [5.41, 5.74) is 0.975. The van der Waals surface area contributed by atoms with E-state index < -0.39 is 0 Å². The number of hydrogen-bond donors (Lipinski definition) is 1. The highest BCUT2D eigenvalue weighted by Crippen LogP contribution is 2.44. The van der Waals surface area contributed by atoms with Crippen molar-refractivity contribution in [3.05, 3.63) is 70.0 Å². The third-order valence-corrected chi connectivity index (χ3v) is 7.55. The Morgan fingerprint density at radius 1 is 1.21 bits per heavy atom. The maximum atomic E-state index is 14.4. The van der Waals surface area contributed by atoms with Crippen LogP contribution in [0.5, 0.6) is 0 Å². The molecule has 0 spiro atoms. The van der Waals surface area contributed by atoms with Crippen molar-refractivity contribution in [1.29, 1.82) is 0 Å². The van der Waals surface area contributed by atoms with Crippen LogP contribution >= 0.6 is 23.1 Å². The molecule has 0 saturated heterocycles. The summed E-state index contributed by atoms with van der Waals surface area (Å²) in [6.45, 7) is 1.96. The van der Waals surface area contributed by atoms with Gasteiger partial charge in [0, 0.05) is 17.0 Å². The average Bonchev–Trinajstić information content (AvgIpc) is 3.18. The summed E-state index contributed by atoms with van der Waals surface area (Å²) in [6.07, 6.45) is 3.60. The molecule has 1 aliphatic carbocycles. The van der Waals surface area contributed by atoms with Crippen LogP contribution < -0.4 is 5.56 Å². The van der Waals surface area contributed by atoms with Crippen molar-refractivity contribution < 1.29 is 8.81 Å². The second-order valence-electron chi connectivity index (χ2n) is 7.91. The standard InChI is InChI=1S/C23H18FN5O2S2/c1-12(19-25-21(30)18-15(11-32-22(18)26-19)17-7-4-10-31-17)33-23-28-27-20(29(23)13-8-9-13)14-5-2-3-6-16(14)24/h2-7,10-13H,8-9H2,1H3,(H,25,26,30). The van der Waals surface area contributed by atoms with E-state index in [-0.39, 0.29) is 22.7 Å². The average molecular weight is 480 g/mol. The maximum absolute atomic E-state index is 14.4. The summed E-state index contributed by atoms with van der Waals surface area (Å²) in [6, 6.07) is 10.5. The van der Waals surface area contributed by atoms with Crippen LogP contribution in [-0.4, -0.2) is 24.7 Å². The van der Waals surface area contributed by atoms with Gasteiger partial charge in [-0.15, -0.1) is 21.5 Å². The van der Waals surface area contributed by atoms with Crippen LogP contribution in [0.2, 0.25) is 0 Å². The topological polar surface area (TPSA) is 89.6 Å². The highest BCUT2D eigenvalue weighted by molar-refractivity contribution is 7.99. The molecule has 1 atom stereocenters. The number of furan rings is 1. The molecule has 1 saturated carbocycles. The lowest BCUT2D eigenvalue weighted by molar-refractivity contribution is 0.583. The Morgan fingerprint density at radius 3 is 2.82 bits per heavy atom. The number of nitrogens with one attached hydrogen (secondary N) is 1. The Morgan fingerprint density at radius 2 is 2.06 bits per heavy atom. The molecule has 33 heavy (non-hydrogen) atoms. The summed E-state index contributed by atoms with van der Waals surface area (Å²) in [7, 11) is 0. The van der Waals surface area contributed by atoms with Crippen molar-refractivity contribution in [3.63, 3.8) is 0 Å². The van der Waals surface area contributed by atoms with Crippen LogP contribution in [0.4, 0.5) is 4.39 Å². The molecule has 5 aromatic rings. The van der Waals surface area contributed by atoms with E-state index in [2.05, 4.69) is 15.2 Å². The van der Waals surface area contributed by atoms with E-state index in [1.54, 1.807) is 30.5 Å². The zero-order valence-electron chi connectivity index (χ0n) is 17.5. The van der Waals surface area contributed by atoms with Gasteiger partial charge in [0.05, 0.1) is 22.5 Å². The molecule has 1 aliphatic rings. The zero-order chi connectivity index (χ0) is 22.5. The number of benzene rings is 1. The lowest BCUT2D eigenvalue weighted by Crippen LogP contribution is -2.12. The van der Waals surface area contributed by atoms with Crippen LogP contribution in [0.15, 0.2) is 62.4 Å². The Kier molecular flexibility index (Phi) is 4.92. The van der Waals surface area contributed by atoms with E-state index in [0.717, 1.165) is 18.4 Å². The number of nitrogens with zero attached hydrogens (tertiary/aromatic N) is 4. The molecule has 4 aromatic heterocycles. The van der Waals surface area contributed by atoms with E-state index in [4.69, 9.17) is 9.40 Å². The number of H-pyrrole nitrogens is 1. The lowest BCUT2D eigenvalue weighted by atomic mass is 10.2. The van der Waals surface area contributed by atoms with Crippen molar-refractivity contribution in [2.24, 2.45) is 0 Å². The molecule has 7 nitrogen and oxygen atoms in total. The number of thioether (sulfide) groups is 1. The van der Waals surface area contributed by atoms with Gasteiger partial charge < -0.3 is 9.40 Å². The molecule has 0 aliphatic heterocycles. The third kappa shape index (κ3) is 3.59. The van der Waals surface area contributed by atoms with Gasteiger partial charge in [0.15, 0.2) is 11.0 Å². The molecule has 10 heteroatoms. The van der Waals surface area contributed by atoms with Crippen LogP contribution in [0.3, 0.4) is 0 Å². The third-order valence-electron chi connectivity index (χ3n) is 5.61. The molecule has 1 N–H and O–H groups in total. The Bertz CT molecular complexity index is 1520. The fourth-order valence-corrected chi connectivity index (χ4v) is 5.74. The minimum absolute atomic E-state index is 0.188. The van der Waals surface area contributed by atoms with Crippen LogP contribution in [0, 0.1) is 5.82 Å². The maximum Gasteiger partial charge on any atom is 0.260 e. The Hall–Kier alpha value is -3.24. The minimum atomic E-state index is -0.321. The molecule has 4 heterocycles. The van der Waals surface area contributed by atoms with Crippen molar-refractivity contribution in [2.45, 2.75) is 36.2 Å². The quantitative estimate of drug-likeness (QED) is 0.308. The number of rotatable bonds is 6. The van der Waals surface area contributed by atoms with Gasteiger partial charge in [-0.2, -0.15) is 0 Å². The van der Waals surface area contributed by atoms with Gasteiger partial charge in [-0.05, 0) is 44.0 Å². The first-order valence-electron chi connectivity index (χ1n) is 10.5. The SMILES string of the molecule is CC(Sc1nnc(-c2ccccc2F)n1C1CC1)c1nc2scc(-c3ccco3)c2c(=O)[nH]1. The molecule has 0 bridgehead atoms. The second kappa shape index (κ2) is 7.96. The molecule has 0 radical (unpaired) electrons. The number of thiophene rings is 1. The van der Waals surface area contributed by atoms with Crippen molar-refractivity contribution in [2.75, 3.05) is 0 Å². The van der Waals surface area contributed by atoms with E-state index in [0.29, 0.717) is 38.3 Å². The molecular weight excluding hydrogens is 461 g/mol. The van der Waals surface area contributed by atoms with Crippen molar-refractivity contribution in [3.8, 4) is 22.7 Å². The predicted molar refractivity (Wildman–Crippen MR) is 126 cm³/mol. The second-order valence-corrected chi connectivity index (χ2v) is 10.1. The number of halogens is 1. The zero-order valence-corrected chi connectivity index (χ0v) is 19.1. The summed E-state index contributed by atoms with van der Waals surface area (Å²) in [5.74, 6) is 1.41. The van der Waals surface area contributed by atoms with Crippen LogP contribution in [0.25, 0.3) is 32.9 Å². The van der Waals surface area contributed by atoms with Gasteiger partial charge >= 0.3 is 0 Å². The van der Waals surface area contributed by atoms with Gasteiger partial charge in [-0.1, -0.05) is 23.9 Å². The van der Waals surface area contributed by atoms with Crippen LogP contribution in [-0.2, 0) is 0 Å². The molecule has 6 rings (SSSR count). The summed E-state index contributed by atoms with van der Waals surface area (Å²) in [5, 5.41) is 11.6. The smallest absolute Gasteiger partial charge is 0.260 e. The highest BCUT2D eigenvalue weighted by atomic mass is 32.2. The normalized spacial score (nSPS) is 14.7. The van der Waals surface area contributed by atoms with E-state index >= 15 is 0 Å². The minimum Gasteiger partial charge on any atom is -0.464 e. The summed E-state index contributed by atoms with van der Waals surface area (Å²) < 4.78 is 21.9. The van der Waals surface area contributed by atoms with E-state index in [9.17, 15) is 9.18 Å². The predicted octanol–water partition coefficient (Wildman–Crippen LogP) is 5.83. The van der Waals surface area contributed by atoms with Gasteiger partial charge in [-0.25, -0.2) is 9.37 Å². The fraction of sp³-hybridized carbons (Fsp3) is 0.217. The summed E-state index contributed by atoms with van der Waals surface area (Å²) >= 11 is 2.87. The van der Waals surface area contributed by atoms with Gasteiger partial charge in [0.1, 0.15) is 22.2 Å². The van der Waals surface area contributed by atoms with Gasteiger partial charge in [-0.3, -0.25) is 9.36 Å². The van der Waals surface area contributed by atoms with Crippen molar-refractivity contribution >= 4 is 33.3 Å². The molecule has 1 aromatic carbocycles. The number of aromatic nitrogens is 5. The lowest BCUT2D eigenvalue weighted by Gasteiger charge is -2.13. The molecular formula is C23H18FN5O2S2. The number of aromatic amines is 1. The van der Waals surface area contributed by atoms with Gasteiger partial charge in [0.2, 0.25) is 0 Å². The van der Waals surface area contributed by atoms with Crippen LogP contribution in [0.1, 0.15) is 36.9 Å². The first kappa shape index (κ1) is 20.4. The number of fused-ring (bicyclic) bond motifs is 1. The summed E-state index contributed by atoms with van der Waals surface area (Å²) in [4.78, 5) is 21.2. The molecule has 1 fully saturated rings. The van der Waals surface area contributed by atoms with E-state index in [1.807, 2.05) is 22.9 Å². The van der Waals surface area contributed by atoms with Crippen molar-refractivity contribution in [1.82, 2.24) is 24.7 Å². The molecule has 1 unspecified atom stereocenters. The van der Waals surface area contributed by atoms with Gasteiger partial charge in [0.25, 0.3) is 5.56 Å². The monoisotopic (exact) mass is 479 g/mol. The number of hydrogen-bond acceptors (Lipinski definition) is 7. The Labute approximate surface area is 195 Å². The van der Waals surface area contributed by atoms with E-state index in [1.165, 1.54) is 29.2 Å². The first-order chi connectivity index (χ1) is 16.1. The first-order valence-corrected chi connectivity index (χ1v) is 12.3. The molecule has 166 valence electrons. The molecule has 0 amide bonds. The fourth-order valence-electron chi connectivity index (χ4n) is 3.83. The Balaban J connectivity index is 1.35.